The van der Waals surface area contributed by atoms with Gasteiger partial charge in [-0.2, -0.15) is 0 Å². The van der Waals surface area contributed by atoms with Crippen LogP contribution in [0.15, 0.2) is 24.3 Å². The number of amides is 1. The molecule has 0 saturated carbocycles. The van der Waals surface area contributed by atoms with E-state index in [-0.39, 0.29) is 24.3 Å². The van der Waals surface area contributed by atoms with Crippen molar-refractivity contribution in [1.29, 1.82) is 0 Å². The summed E-state index contributed by atoms with van der Waals surface area (Å²) >= 11 is 0. The van der Waals surface area contributed by atoms with E-state index in [4.69, 9.17) is 14.6 Å². The van der Waals surface area contributed by atoms with Gasteiger partial charge in [0.2, 0.25) is 5.91 Å². The number of hydrogen-bond donors (Lipinski definition) is 2. The van der Waals surface area contributed by atoms with Crippen LogP contribution in [0.5, 0.6) is 11.5 Å². The van der Waals surface area contributed by atoms with Crippen molar-refractivity contribution in [2.75, 3.05) is 26.9 Å². The highest BCUT2D eigenvalue weighted by Gasteiger charge is 2.17. The molecule has 0 aliphatic carbocycles. The summed E-state index contributed by atoms with van der Waals surface area (Å²) < 4.78 is 10.5. The van der Waals surface area contributed by atoms with Crippen molar-refractivity contribution in [2.45, 2.75) is 20.3 Å². The Bertz CT molecular complexity index is 414. The van der Waals surface area contributed by atoms with Crippen LogP contribution in [0.1, 0.15) is 20.3 Å². The maximum atomic E-state index is 11.6. The molecule has 5 heteroatoms. The molecule has 0 fully saturated rings. The van der Waals surface area contributed by atoms with Gasteiger partial charge in [0.1, 0.15) is 11.5 Å². The third-order valence-electron chi connectivity index (χ3n) is 2.85. The van der Waals surface area contributed by atoms with E-state index in [1.807, 2.05) is 13.8 Å². The van der Waals surface area contributed by atoms with Gasteiger partial charge < -0.3 is 19.9 Å². The van der Waals surface area contributed by atoms with Crippen LogP contribution in [0.2, 0.25) is 0 Å². The van der Waals surface area contributed by atoms with Gasteiger partial charge >= 0.3 is 0 Å². The molecule has 112 valence electrons. The SMILES string of the molecule is COc1ccc(OCCC(=O)NCC(C)(C)CO)cc1. The molecule has 0 heterocycles. The number of carbonyl (C=O) groups is 1. The Morgan fingerprint density at radius 2 is 1.85 bits per heavy atom. The minimum absolute atomic E-state index is 0.0373. The average molecular weight is 281 g/mol. The number of nitrogens with one attached hydrogen (secondary N) is 1. The fourth-order valence-electron chi connectivity index (χ4n) is 1.42. The fourth-order valence-corrected chi connectivity index (χ4v) is 1.42. The molecule has 1 rings (SSSR count). The largest absolute Gasteiger partial charge is 0.497 e. The lowest BCUT2D eigenvalue weighted by Crippen LogP contribution is -2.36. The molecule has 1 aromatic rings. The van der Waals surface area contributed by atoms with Crippen molar-refractivity contribution < 1.29 is 19.4 Å². The Hall–Kier alpha value is -1.75. The van der Waals surface area contributed by atoms with Gasteiger partial charge in [0.25, 0.3) is 0 Å². The van der Waals surface area contributed by atoms with E-state index in [0.29, 0.717) is 18.9 Å². The second-order valence-electron chi connectivity index (χ2n) is 5.37. The maximum absolute atomic E-state index is 11.6. The van der Waals surface area contributed by atoms with E-state index in [1.165, 1.54) is 0 Å². The number of rotatable bonds is 8. The number of benzene rings is 1. The van der Waals surface area contributed by atoms with E-state index in [9.17, 15) is 4.79 Å². The fraction of sp³-hybridized carbons (Fsp3) is 0.533. The number of aliphatic hydroxyl groups excluding tert-OH is 1. The molecule has 0 unspecified atom stereocenters. The highest BCUT2D eigenvalue weighted by atomic mass is 16.5. The molecule has 0 spiro atoms. The number of carbonyl (C=O) groups excluding carboxylic acids is 1. The first-order chi connectivity index (χ1) is 9.46. The zero-order valence-electron chi connectivity index (χ0n) is 12.3. The van der Waals surface area contributed by atoms with Crippen LogP contribution in [0.25, 0.3) is 0 Å². The van der Waals surface area contributed by atoms with E-state index in [0.717, 1.165) is 5.75 Å². The molecule has 0 aliphatic heterocycles. The van der Waals surface area contributed by atoms with Crippen LogP contribution in [0, 0.1) is 5.41 Å². The Labute approximate surface area is 119 Å². The van der Waals surface area contributed by atoms with Crippen LogP contribution in [0.4, 0.5) is 0 Å². The minimum atomic E-state index is -0.299. The Morgan fingerprint density at radius 3 is 2.40 bits per heavy atom. The van der Waals surface area contributed by atoms with Crippen LogP contribution in [-0.4, -0.2) is 37.9 Å². The van der Waals surface area contributed by atoms with Crippen molar-refractivity contribution in [3.8, 4) is 11.5 Å². The summed E-state index contributed by atoms with van der Waals surface area (Å²) in [6.45, 7) is 4.58. The highest BCUT2D eigenvalue weighted by Crippen LogP contribution is 2.17. The lowest BCUT2D eigenvalue weighted by molar-refractivity contribution is -0.122. The molecule has 1 aromatic carbocycles. The minimum Gasteiger partial charge on any atom is -0.497 e. The first kappa shape index (κ1) is 16.3. The van der Waals surface area contributed by atoms with E-state index < -0.39 is 0 Å². The van der Waals surface area contributed by atoms with Crippen molar-refractivity contribution in [1.82, 2.24) is 5.32 Å². The normalized spacial score (nSPS) is 11.0. The van der Waals surface area contributed by atoms with Crippen molar-refractivity contribution in [3.63, 3.8) is 0 Å². The van der Waals surface area contributed by atoms with Crippen LogP contribution < -0.4 is 14.8 Å². The third-order valence-corrected chi connectivity index (χ3v) is 2.85. The van der Waals surface area contributed by atoms with Crippen molar-refractivity contribution >= 4 is 5.91 Å². The number of hydrogen-bond acceptors (Lipinski definition) is 4. The summed E-state index contributed by atoms with van der Waals surface area (Å²) in [4.78, 5) is 11.6. The van der Waals surface area contributed by atoms with Crippen LogP contribution >= 0.6 is 0 Å². The van der Waals surface area contributed by atoms with Gasteiger partial charge in [-0.25, -0.2) is 0 Å². The van der Waals surface area contributed by atoms with E-state index in [1.54, 1.807) is 31.4 Å². The topological polar surface area (TPSA) is 67.8 Å². The van der Waals surface area contributed by atoms with E-state index in [2.05, 4.69) is 5.32 Å². The molecule has 0 saturated heterocycles. The van der Waals surface area contributed by atoms with Gasteiger partial charge in [-0.15, -0.1) is 0 Å². The zero-order valence-corrected chi connectivity index (χ0v) is 12.3. The lowest BCUT2D eigenvalue weighted by atomic mass is 9.95. The van der Waals surface area contributed by atoms with Gasteiger partial charge in [0, 0.05) is 18.6 Å². The molecule has 5 nitrogen and oxygen atoms in total. The predicted molar refractivity (Wildman–Crippen MR) is 77.0 cm³/mol. The monoisotopic (exact) mass is 281 g/mol. The first-order valence-electron chi connectivity index (χ1n) is 6.61. The summed E-state index contributed by atoms with van der Waals surface area (Å²) in [5.74, 6) is 1.38. The molecule has 0 bridgehead atoms. The predicted octanol–water partition coefficient (Wildman–Crippen LogP) is 1.60. The molecule has 0 aromatic heterocycles. The Balaban J connectivity index is 2.24. The maximum Gasteiger partial charge on any atom is 0.223 e. The molecule has 0 atom stereocenters. The van der Waals surface area contributed by atoms with Gasteiger partial charge in [0.05, 0.1) is 20.1 Å². The van der Waals surface area contributed by atoms with Crippen molar-refractivity contribution in [2.24, 2.45) is 5.41 Å². The quantitative estimate of drug-likeness (QED) is 0.759. The van der Waals surface area contributed by atoms with Gasteiger partial charge in [-0.05, 0) is 24.3 Å². The van der Waals surface area contributed by atoms with Crippen LogP contribution in [0.3, 0.4) is 0 Å². The summed E-state index contributed by atoms with van der Waals surface area (Å²) in [5.41, 5.74) is -0.299. The smallest absolute Gasteiger partial charge is 0.223 e. The first-order valence-corrected chi connectivity index (χ1v) is 6.61. The summed E-state index contributed by atoms with van der Waals surface area (Å²) in [5, 5.41) is 11.9. The molecule has 2 N–H and O–H groups in total. The van der Waals surface area contributed by atoms with Gasteiger partial charge in [-0.3, -0.25) is 4.79 Å². The third kappa shape index (κ3) is 5.93. The summed E-state index contributed by atoms with van der Waals surface area (Å²) in [6.07, 6.45) is 0.285. The van der Waals surface area contributed by atoms with Crippen molar-refractivity contribution in [3.05, 3.63) is 24.3 Å². The van der Waals surface area contributed by atoms with E-state index >= 15 is 0 Å². The summed E-state index contributed by atoms with van der Waals surface area (Å²) in [6, 6.07) is 7.20. The lowest BCUT2D eigenvalue weighted by Gasteiger charge is -2.21. The molecule has 1 amide bonds. The molecular weight excluding hydrogens is 258 g/mol. The zero-order chi connectivity index (χ0) is 15.0. The van der Waals surface area contributed by atoms with Crippen LogP contribution in [-0.2, 0) is 4.79 Å². The number of methoxy groups -OCH3 is 1. The number of ether oxygens (including phenoxy) is 2. The average Bonchev–Trinajstić information content (AvgIpc) is 2.46. The second-order valence-corrected chi connectivity index (χ2v) is 5.37. The molecule has 20 heavy (non-hydrogen) atoms. The van der Waals surface area contributed by atoms with Gasteiger partial charge in [0.15, 0.2) is 0 Å². The number of aliphatic hydroxyl groups is 1. The molecular formula is C15H23NO4. The Morgan fingerprint density at radius 1 is 1.25 bits per heavy atom. The molecule has 0 aliphatic rings. The van der Waals surface area contributed by atoms with Gasteiger partial charge in [-0.1, -0.05) is 13.8 Å². The standard InChI is InChI=1S/C15H23NO4/c1-15(2,11-17)10-16-14(18)8-9-20-13-6-4-12(19-3)5-7-13/h4-7,17H,8-11H2,1-3H3,(H,16,18). The summed E-state index contributed by atoms with van der Waals surface area (Å²) in [7, 11) is 1.61. The highest BCUT2D eigenvalue weighted by molar-refractivity contribution is 5.76. The second kappa shape index (κ2) is 7.75. The molecule has 0 radical (unpaired) electrons. The Kier molecular flexibility index (Phi) is 6.31.